The minimum atomic E-state index is -0.289. The van der Waals surface area contributed by atoms with Crippen molar-refractivity contribution in [2.45, 2.75) is 25.5 Å². The van der Waals surface area contributed by atoms with Gasteiger partial charge < -0.3 is 14.5 Å². The molecule has 0 aliphatic carbocycles. The van der Waals surface area contributed by atoms with Crippen LogP contribution in [0.3, 0.4) is 0 Å². The molecule has 0 radical (unpaired) electrons. The monoisotopic (exact) mass is 382 g/mol. The number of morpholine rings is 1. The van der Waals surface area contributed by atoms with Gasteiger partial charge in [-0.1, -0.05) is 24.3 Å². The maximum Gasteiger partial charge on any atom is 0.254 e. The summed E-state index contributed by atoms with van der Waals surface area (Å²) >= 11 is 0. The molecule has 28 heavy (non-hydrogen) atoms. The normalized spacial score (nSPS) is 19.9. The van der Waals surface area contributed by atoms with Crippen molar-refractivity contribution in [1.82, 2.24) is 9.80 Å². The van der Waals surface area contributed by atoms with Gasteiger partial charge in [0.1, 0.15) is 11.9 Å². The van der Waals surface area contributed by atoms with Gasteiger partial charge in [0.25, 0.3) is 5.91 Å². The molecule has 0 N–H and O–H groups in total. The second-order valence-electron chi connectivity index (χ2n) is 7.28. The number of carbonyl (C=O) groups is 2. The van der Waals surface area contributed by atoms with Crippen LogP contribution in [0.1, 0.15) is 40.4 Å². The number of nitrogens with zero attached hydrogens (tertiary/aromatic N) is 2. The number of rotatable bonds is 4. The fourth-order valence-corrected chi connectivity index (χ4v) is 3.74. The second-order valence-corrected chi connectivity index (χ2v) is 7.28. The maximum atomic E-state index is 13.1. The van der Waals surface area contributed by atoms with Gasteiger partial charge >= 0.3 is 0 Å². The zero-order valence-corrected chi connectivity index (χ0v) is 15.6. The van der Waals surface area contributed by atoms with Crippen molar-refractivity contribution in [2.24, 2.45) is 0 Å². The molecule has 2 aliphatic heterocycles. The van der Waals surface area contributed by atoms with Gasteiger partial charge in [0.2, 0.25) is 5.91 Å². The van der Waals surface area contributed by atoms with E-state index in [1.807, 2.05) is 29.2 Å². The van der Waals surface area contributed by atoms with E-state index >= 15 is 0 Å². The van der Waals surface area contributed by atoms with Crippen molar-refractivity contribution in [1.29, 1.82) is 0 Å². The van der Waals surface area contributed by atoms with Gasteiger partial charge in [-0.3, -0.25) is 9.59 Å². The van der Waals surface area contributed by atoms with E-state index in [1.54, 1.807) is 17.0 Å². The first-order chi connectivity index (χ1) is 13.6. The molecule has 146 valence electrons. The molecule has 0 bridgehead atoms. The number of benzene rings is 2. The summed E-state index contributed by atoms with van der Waals surface area (Å²) in [4.78, 5) is 28.3. The quantitative estimate of drug-likeness (QED) is 0.816. The van der Waals surface area contributed by atoms with Gasteiger partial charge in [-0.25, -0.2) is 4.39 Å². The molecular weight excluding hydrogens is 359 g/mol. The third-order valence-corrected chi connectivity index (χ3v) is 5.34. The van der Waals surface area contributed by atoms with Gasteiger partial charge in [0.15, 0.2) is 0 Å². The van der Waals surface area contributed by atoms with E-state index in [4.69, 9.17) is 4.74 Å². The van der Waals surface area contributed by atoms with Crippen LogP contribution in [0.25, 0.3) is 0 Å². The number of carbonyl (C=O) groups excluding carboxylic acids is 2. The number of hydrogen-bond acceptors (Lipinski definition) is 3. The molecule has 2 fully saturated rings. The van der Waals surface area contributed by atoms with Crippen molar-refractivity contribution in [3.05, 3.63) is 71.0 Å². The molecule has 4 rings (SSSR count). The highest BCUT2D eigenvalue weighted by molar-refractivity contribution is 5.94. The first-order valence-corrected chi connectivity index (χ1v) is 9.63. The predicted octanol–water partition coefficient (Wildman–Crippen LogP) is 3.16. The Balaban J connectivity index is 1.40. The van der Waals surface area contributed by atoms with Crippen LogP contribution in [0.5, 0.6) is 0 Å². The van der Waals surface area contributed by atoms with Crippen LogP contribution in [0.4, 0.5) is 4.39 Å². The molecule has 2 saturated heterocycles. The third-order valence-electron chi connectivity index (χ3n) is 5.34. The molecule has 2 heterocycles. The Hall–Kier alpha value is -2.73. The van der Waals surface area contributed by atoms with E-state index in [0.717, 1.165) is 24.1 Å². The van der Waals surface area contributed by atoms with Crippen LogP contribution >= 0.6 is 0 Å². The fraction of sp³-hybridized carbons (Fsp3) is 0.364. The molecule has 2 aromatic carbocycles. The standard InChI is InChI=1S/C22H23FN2O3/c23-19-9-7-17(8-10-19)20-15-25(12-13-28-20)22(27)18-5-3-16(4-6-18)14-24-11-1-2-21(24)26/h3-10,20H,1-2,11-15H2. The molecule has 1 atom stereocenters. The van der Waals surface area contributed by atoms with Gasteiger partial charge in [0.05, 0.1) is 13.2 Å². The van der Waals surface area contributed by atoms with Crippen molar-refractivity contribution in [3.8, 4) is 0 Å². The first kappa shape index (κ1) is 18.6. The highest BCUT2D eigenvalue weighted by Gasteiger charge is 2.26. The third kappa shape index (κ3) is 4.07. The van der Waals surface area contributed by atoms with Crippen LogP contribution in [0.2, 0.25) is 0 Å². The Bertz CT molecular complexity index is 851. The van der Waals surface area contributed by atoms with E-state index < -0.39 is 0 Å². The number of hydrogen-bond donors (Lipinski definition) is 0. The molecule has 0 saturated carbocycles. The first-order valence-electron chi connectivity index (χ1n) is 9.63. The average Bonchev–Trinajstić information content (AvgIpc) is 3.13. The molecule has 2 aromatic rings. The molecule has 2 amide bonds. The van der Waals surface area contributed by atoms with Crippen LogP contribution in [0, 0.1) is 5.82 Å². The zero-order valence-electron chi connectivity index (χ0n) is 15.6. The topological polar surface area (TPSA) is 49.9 Å². The molecule has 6 heteroatoms. The van der Waals surface area contributed by atoms with E-state index in [2.05, 4.69) is 0 Å². The molecule has 0 aromatic heterocycles. The van der Waals surface area contributed by atoms with Crippen LogP contribution in [-0.2, 0) is 16.1 Å². The number of ether oxygens (including phenoxy) is 1. The van der Waals surface area contributed by atoms with Crippen molar-refractivity contribution in [3.63, 3.8) is 0 Å². The Morgan fingerprint density at radius 3 is 2.50 bits per heavy atom. The summed E-state index contributed by atoms with van der Waals surface area (Å²) in [6.07, 6.45) is 1.29. The van der Waals surface area contributed by atoms with E-state index in [-0.39, 0.29) is 23.7 Å². The summed E-state index contributed by atoms with van der Waals surface area (Å²) < 4.78 is 18.9. The van der Waals surface area contributed by atoms with Crippen molar-refractivity contribution < 1.29 is 18.7 Å². The summed E-state index contributed by atoms with van der Waals surface area (Å²) in [5, 5.41) is 0. The average molecular weight is 382 g/mol. The Kier molecular flexibility index (Phi) is 5.39. The highest BCUT2D eigenvalue weighted by atomic mass is 19.1. The van der Waals surface area contributed by atoms with Crippen LogP contribution < -0.4 is 0 Å². The lowest BCUT2D eigenvalue weighted by Gasteiger charge is -2.33. The Morgan fingerprint density at radius 1 is 1.07 bits per heavy atom. The second kappa shape index (κ2) is 8.10. The lowest BCUT2D eigenvalue weighted by atomic mass is 10.1. The maximum absolute atomic E-state index is 13.1. The molecular formula is C22H23FN2O3. The van der Waals surface area contributed by atoms with Gasteiger partial charge in [-0.2, -0.15) is 0 Å². The number of amides is 2. The highest BCUT2D eigenvalue weighted by Crippen LogP contribution is 2.24. The minimum absolute atomic E-state index is 0.0424. The Morgan fingerprint density at radius 2 is 1.82 bits per heavy atom. The summed E-state index contributed by atoms with van der Waals surface area (Å²) in [5.74, 6) is -0.136. The summed E-state index contributed by atoms with van der Waals surface area (Å²) in [6.45, 7) is 2.81. The predicted molar refractivity (Wildman–Crippen MR) is 102 cm³/mol. The van der Waals surface area contributed by atoms with Crippen LogP contribution in [-0.4, -0.2) is 47.9 Å². The smallest absolute Gasteiger partial charge is 0.254 e. The van der Waals surface area contributed by atoms with E-state index in [0.29, 0.717) is 38.2 Å². The largest absolute Gasteiger partial charge is 0.370 e. The van der Waals surface area contributed by atoms with E-state index in [9.17, 15) is 14.0 Å². The minimum Gasteiger partial charge on any atom is -0.370 e. The van der Waals surface area contributed by atoms with E-state index in [1.165, 1.54) is 12.1 Å². The van der Waals surface area contributed by atoms with Gasteiger partial charge in [-0.05, 0) is 41.8 Å². The molecule has 2 aliphatic rings. The van der Waals surface area contributed by atoms with Crippen LogP contribution in [0.15, 0.2) is 48.5 Å². The summed E-state index contributed by atoms with van der Waals surface area (Å²) in [5.41, 5.74) is 2.51. The SMILES string of the molecule is O=C1CCCN1Cc1ccc(C(=O)N2CCOC(c3ccc(F)cc3)C2)cc1. The fourth-order valence-electron chi connectivity index (χ4n) is 3.74. The zero-order chi connectivity index (χ0) is 19.5. The Labute approximate surface area is 163 Å². The van der Waals surface area contributed by atoms with Crippen molar-refractivity contribution >= 4 is 11.8 Å². The number of likely N-dealkylation sites (tertiary alicyclic amines) is 1. The van der Waals surface area contributed by atoms with Crippen molar-refractivity contribution in [2.75, 3.05) is 26.2 Å². The lowest BCUT2D eigenvalue weighted by Crippen LogP contribution is -2.42. The molecule has 5 nitrogen and oxygen atoms in total. The molecule has 0 spiro atoms. The van der Waals surface area contributed by atoms with Gasteiger partial charge in [0, 0.05) is 31.6 Å². The number of halogens is 1. The van der Waals surface area contributed by atoms with Gasteiger partial charge in [-0.15, -0.1) is 0 Å². The summed E-state index contributed by atoms with van der Waals surface area (Å²) in [7, 11) is 0. The molecule has 1 unspecified atom stereocenters. The lowest BCUT2D eigenvalue weighted by molar-refractivity contribution is -0.128. The summed E-state index contributed by atoms with van der Waals surface area (Å²) in [6, 6.07) is 13.7.